The van der Waals surface area contributed by atoms with Crippen LogP contribution in [0.2, 0.25) is 0 Å². The Morgan fingerprint density at radius 2 is 1.90 bits per heavy atom. The van der Waals surface area contributed by atoms with Crippen molar-refractivity contribution in [3.8, 4) is 0 Å². The fourth-order valence-electron chi connectivity index (χ4n) is 3.50. The summed E-state index contributed by atoms with van der Waals surface area (Å²) in [4.78, 5) is 26.0. The number of benzene rings is 2. The molecule has 2 amide bonds. The van der Waals surface area contributed by atoms with Gasteiger partial charge in [-0.3, -0.25) is 9.59 Å². The molecule has 4 nitrogen and oxygen atoms in total. The molecule has 0 radical (unpaired) electrons. The zero-order valence-electron chi connectivity index (χ0n) is 16.2. The van der Waals surface area contributed by atoms with Gasteiger partial charge in [-0.15, -0.1) is 0 Å². The molecular formula is C22H22F4N2O2. The minimum absolute atomic E-state index is 0.0235. The Bertz CT molecular complexity index is 914. The summed E-state index contributed by atoms with van der Waals surface area (Å²) in [6, 6.07) is 10.0. The van der Waals surface area contributed by atoms with Crippen molar-refractivity contribution in [2.75, 3.05) is 13.1 Å². The number of nitrogens with one attached hydrogen (secondary N) is 1. The number of likely N-dealkylation sites (tertiary alicyclic amines) is 1. The second kappa shape index (κ2) is 9.28. The maximum absolute atomic E-state index is 13.8. The van der Waals surface area contributed by atoms with E-state index in [1.807, 2.05) is 0 Å². The molecule has 0 saturated carbocycles. The molecule has 0 aliphatic carbocycles. The first-order chi connectivity index (χ1) is 14.2. The summed E-state index contributed by atoms with van der Waals surface area (Å²) >= 11 is 0. The van der Waals surface area contributed by atoms with Crippen molar-refractivity contribution >= 4 is 11.8 Å². The van der Waals surface area contributed by atoms with E-state index in [9.17, 15) is 27.2 Å². The van der Waals surface area contributed by atoms with Gasteiger partial charge >= 0.3 is 6.18 Å². The number of rotatable bonds is 7. The fraction of sp³-hybridized carbons (Fsp3) is 0.364. The summed E-state index contributed by atoms with van der Waals surface area (Å²) in [6.45, 7) is 0.588. The van der Waals surface area contributed by atoms with Crippen molar-refractivity contribution in [1.29, 1.82) is 0 Å². The monoisotopic (exact) mass is 422 g/mol. The Labute approximate surface area is 171 Å². The molecule has 1 saturated heterocycles. The van der Waals surface area contributed by atoms with Crippen LogP contribution in [0, 0.1) is 5.82 Å². The van der Waals surface area contributed by atoms with Gasteiger partial charge in [-0.25, -0.2) is 4.39 Å². The largest absolute Gasteiger partial charge is 0.416 e. The first-order valence-corrected chi connectivity index (χ1v) is 9.72. The number of nitrogens with zero attached hydrogens (tertiary/aromatic N) is 1. The molecule has 2 aromatic rings. The molecular weight excluding hydrogens is 400 g/mol. The zero-order chi connectivity index (χ0) is 21.7. The molecule has 1 aliphatic rings. The Hall–Kier alpha value is -2.90. The summed E-state index contributed by atoms with van der Waals surface area (Å²) in [7, 11) is 0. The molecule has 3 rings (SSSR count). The number of carbonyl (C=O) groups is 2. The zero-order valence-corrected chi connectivity index (χ0v) is 16.2. The average molecular weight is 422 g/mol. The molecule has 0 spiro atoms. The smallest absolute Gasteiger partial charge is 0.347 e. The number of carbonyl (C=O) groups excluding carboxylic acids is 2. The first kappa shape index (κ1) is 21.8. The third-order valence-corrected chi connectivity index (χ3v) is 5.11. The molecule has 1 fully saturated rings. The number of amides is 2. The van der Waals surface area contributed by atoms with E-state index in [2.05, 4.69) is 5.32 Å². The maximum Gasteiger partial charge on any atom is 0.416 e. The van der Waals surface area contributed by atoms with Crippen LogP contribution in [-0.2, 0) is 22.2 Å². The molecule has 0 aromatic heterocycles. The molecule has 1 unspecified atom stereocenters. The van der Waals surface area contributed by atoms with E-state index in [0.29, 0.717) is 24.9 Å². The number of alkyl halides is 3. The lowest BCUT2D eigenvalue weighted by Gasteiger charge is -2.26. The lowest BCUT2D eigenvalue weighted by atomic mass is 10.0. The summed E-state index contributed by atoms with van der Waals surface area (Å²) < 4.78 is 53.1. The average Bonchev–Trinajstić information content (AvgIpc) is 3.11. The molecule has 30 heavy (non-hydrogen) atoms. The van der Waals surface area contributed by atoms with Crippen molar-refractivity contribution in [2.45, 2.75) is 37.9 Å². The van der Waals surface area contributed by atoms with Gasteiger partial charge < -0.3 is 10.2 Å². The third-order valence-electron chi connectivity index (χ3n) is 5.11. The number of aryl methyl sites for hydroxylation is 1. The Kier molecular flexibility index (Phi) is 6.74. The second-order valence-electron chi connectivity index (χ2n) is 7.28. The van der Waals surface area contributed by atoms with E-state index < -0.39 is 29.5 Å². The van der Waals surface area contributed by atoms with Crippen molar-refractivity contribution in [3.05, 3.63) is 71.0 Å². The van der Waals surface area contributed by atoms with Crippen LogP contribution in [0.15, 0.2) is 48.5 Å². The van der Waals surface area contributed by atoms with Crippen LogP contribution in [0.25, 0.3) is 0 Å². The lowest BCUT2D eigenvalue weighted by Crippen LogP contribution is -2.38. The van der Waals surface area contributed by atoms with Gasteiger partial charge in [-0.1, -0.05) is 30.3 Å². The molecule has 1 N–H and O–H groups in total. The minimum Gasteiger partial charge on any atom is -0.347 e. The van der Waals surface area contributed by atoms with E-state index in [1.165, 1.54) is 18.2 Å². The highest BCUT2D eigenvalue weighted by Gasteiger charge is 2.32. The van der Waals surface area contributed by atoms with Crippen molar-refractivity contribution < 1.29 is 27.2 Å². The van der Waals surface area contributed by atoms with Crippen LogP contribution in [-0.4, -0.2) is 29.8 Å². The van der Waals surface area contributed by atoms with Crippen LogP contribution in [0.3, 0.4) is 0 Å². The molecule has 1 heterocycles. The highest BCUT2D eigenvalue weighted by Crippen LogP contribution is 2.31. The van der Waals surface area contributed by atoms with Gasteiger partial charge in [0, 0.05) is 25.9 Å². The predicted octanol–water partition coefficient (Wildman–Crippen LogP) is 4.26. The Balaban J connectivity index is 1.75. The van der Waals surface area contributed by atoms with E-state index >= 15 is 0 Å². The predicted molar refractivity (Wildman–Crippen MR) is 103 cm³/mol. The van der Waals surface area contributed by atoms with Crippen molar-refractivity contribution in [1.82, 2.24) is 10.2 Å². The van der Waals surface area contributed by atoms with Crippen LogP contribution in [0.4, 0.5) is 17.6 Å². The molecule has 2 aromatic carbocycles. The molecule has 160 valence electrons. The van der Waals surface area contributed by atoms with Crippen LogP contribution >= 0.6 is 0 Å². The van der Waals surface area contributed by atoms with Gasteiger partial charge in [0.05, 0.1) is 11.6 Å². The fourth-order valence-corrected chi connectivity index (χ4v) is 3.50. The third kappa shape index (κ3) is 5.58. The van der Waals surface area contributed by atoms with E-state index in [4.69, 9.17) is 0 Å². The van der Waals surface area contributed by atoms with E-state index in [1.54, 1.807) is 23.1 Å². The van der Waals surface area contributed by atoms with Crippen molar-refractivity contribution in [3.63, 3.8) is 0 Å². The van der Waals surface area contributed by atoms with Gasteiger partial charge in [-0.05, 0) is 42.2 Å². The van der Waals surface area contributed by atoms with Crippen LogP contribution in [0.5, 0.6) is 0 Å². The van der Waals surface area contributed by atoms with Crippen LogP contribution < -0.4 is 5.32 Å². The first-order valence-electron chi connectivity index (χ1n) is 9.72. The number of hydrogen-bond acceptors (Lipinski definition) is 2. The molecule has 8 heteroatoms. The Morgan fingerprint density at radius 1 is 1.13 bits per heavy atom. The topological polar surface area (TPSA) is 49.4 Å². The van der Waals surface area contributed by atoms with E-state index in [0.717, 1.165) is 12.1 Å². The minimum atomic E-state index is -4.52. The number of halogens is 4. The second-order valence-corrected chi connectivity index (χ2v) is 7.28. The molecule has 1 atom stereocenters. The van der Waals surface area contributed by atoms with Gasteiger partial charge in [-0.2, -0.15) is 13.2 Å². The summed E-state index contributed by atoms with van der Waals surface area (Å²) in [5.41, 5.74) is -0.167. The molecule has 1 aliphatic heterocycles. The van der Waals surface area contributed by atoms with Gasteiger partial charge in [0.25, 0.3) is 0 Å². The lowest BCUT2D eigenvalue weighted by molar-refractivity contribution is -0.137. The number of hydrogen-bond donors (Lipinski definition) is 1. The maximum atomic E-state index is 13.8. The van der Waals surface area contributed by atoms with Crippen molar-refractivity contribution in [2.24, 2.45) is 0 Å². The highest BCUT2D eigenvalue weighted by atomic mass is 19.4. The molecule has 0 bridgehead atoms. The SMILES string of the molecule is O=C(CCc1ccccc1F)NC(CN1CCCC1=O)c1cccc(C(F)(F)F)c1. The quantitative estimate of drug-likeness (QED) is 0.678. The highest BCUT2D eigenvalue weighted by molar-refractivity contribution is 5.79. The standard InChI is InChI=1S/C22H22F4N2O2/c23-18-8-2-1-5-15(18)10-11-20(29)27-19(14-28-12-4-9-21(28)30)16-6-3-7-17(13-16)22(24,25)26/h1-3,5-8,13,19H,4,9-12,14H2,(H,27,29). The van der Waals surface area contributed by atoms with Gasteiger partial charge in [0.1, 0.15) is 5.82 Å². The van der Waals surface area contributed by atoms with E-state index in [-0.39, 0.29) is 30.9 Å². The normalized spacial score (nSPS) is 15.3. The summed E-state index contributed by atoms with van der Waals surface area (Å²) in [5, 5.41) is 2.73. The van der Waals surface area contributed by atoms with Gasteiger partial charge in [0.2, 0.25) is 11.8 Å². The van der Waals surface area contributed by atoms with Gasteiger partial charge in [0.15, 0.2) is 0 Å². The van der Waals surface area contributed by atoms with Crippen LogP contribution in [0.1, 0.15) is 42.0 Å². The Morgan fingerprint density at radius 3 is 2.57 bits per heavy atom. The summed E-state index contributed by atoms with van der Waals surface area (Å²) in [6.07, 6.45) is -3.31. The summed E-state index contributed by atoms with van der Waals surface area (Å²) in [5.74, 6) is -0.928.